The van der Waals surface area contributed by atoms with E-state index in [1.54, 1.807) is 18.2 Å². The topological polar surface area (TPSA) is 130 Å². The lowest BCUT2D eigenvalue weighted by molar-refractivity contribution is -0.385. The summed E-state index contributed by atoms with van der Waals surface area (Å²) in [7, 11) is -8.63. The molecule has 0 atom stereocenters. The van der Waals surface area contributed by atoms with E-state index in [0.717, 1.165) is 21.0 Å². The second-order valence-electron chi connectivity index (χ2n) is 9.11. The van der Waals surface area contributed by atoms with Crippen LogP contribution in [0.25, 0.3) is 0 Å². The Morgan fingerprint density at radius 2 is 1.76 bits per heavy atom. The largest absolute Gasteiger partial charge is 0.418 e. The number of hydrogen-bond acceptors (Lipinski definition) is 9. The smallest absolute Gasteiger partial charge is 0.367 e. The highest BCUT2D eigenvalue weighted by molar-refractivity contribution is 9.09. The predicted molar refractivity (Wildman–Crippen MR) is 150 cm³/mol. The van der Waals surface area contributed by atoms with Crippen LogP contribution < -0.4 is 4.90 Å². The number of nitrogens with zero attached hydrogens (tertiary/aromatic N) is 4. The molecule has 1 saturated heterocycles. The van der Waals surface area contributed by atoms with Crippen molar-refractivity contribution in [1.82, 2.24) is 9.21 Å². The van der Waals surface area contributed by atoms with Gasteiger partial charge in [0.1, 0.15) is 4.90 Å². The zero-order chi connectivity index (χ0) is 30.6. The number of nitro groups is 1. The minimum Gasteiger partial charge on any atom is -0.367 e. The first kappa shape index (κ1) is 33.5. The molecule has 2 aromatic carbocycles. The predicted octanol–water partition coefficient (Wildman–Crippen LogP) is 3.95. The van der Waals surface area contributed by atoms with E-state index in [-0.39, 0.29) is 44.1 Å². The van der Waals surface area contributed by atoms with Gasteiger partial charge in [-0.25, -0.2) is 8.42 Å². The van der Waals surface area contributed by atoms with Crippen LogP contribution in [0.1, 0.15) is 11.1 Å². The summed E-state index contributed by atoms with van der Waals surface area (Å²) in [5.41, 5.74) is -2.51. The summed E-state index contributed by atoms with van der Waals surface area (Å²) >= 11 is 9.15. The fourth-order valence-electron chi connectivity index (χ4n) is 4.33. The van der Waals surface area contributed by atoms with Crippen molar-refractivity contribution in [2.75, 3.05) is 62.4 Å². The van der Waals surface area contributed by atoms with Crippen LogP contribution in [0.2, 0.25) is 5.02 Å². The van der Waals surface area contributed by atoms with E-state index >= 15 is 0 Å². The summed E-state index contributed by atoms with van der Waals surface area (Å²) in [6.07, 6.45) is -4.42. The zero-order valence-corrected chi connectivity index (χ0v) is 25.7. The van der Waals surface area contributed by atoms with Gasteiger partial charge in [-0.2, -0.15) is 25.9 Å². The number of non-ortho nitro benzene ring substituents is 1. The Kier molecular flexibility index (Phi) is 11.0. The van der Waals surface area contributed by atoms with Crippen molar-refractivity contribution >= 4 is 59.0 Å². The molecule has 1 aliphatic rings. The Morgan fingerprint density at radius 3 is 2.29 bits per heavy atom. The summed E-state index contributed by atoms with van der Waals surface area (Å²) in [4.78, 5) is 12.5. The van der Waals surface area contributed by atoms with Crippen molar-refractivity contribution in [3.63, 3.8) is 0 Å². The SMILES string of the molecule is CS(=O)(=O)OCCN(CCBr)c1c(C(F)(F)F)cc([N+](=O)[O-])cc1S(=O)(=O)N1CCN(Cc2cccc(Cl)c2)CC1. The highest BCUT2D eigenvalue weighted by atomic mass is 79.9. The highest BCUT2D eigenvalue weighted by Crippen LogP contribution is 2.44. The third kappa shape index (κ3) is 8.98. The molecule has 0 unspecified atom stereocenters. The van der Waals surface area contributed by atoms with Crippen molar-refractivity contribution in [2.45, 2.75) is 17.6 Å². The van der Waals surface area contributed by atoms with Crippen LogP contribution in [0.4, 0.5) is 24.5 Å². The van der Waals surface area contributed by atoms with Gasteiger partial charge in [-0.1, -0.05) is 39.7 Å². The average molecular weight is 708 g/mol. The molecule has 0 aliphatic carbocycles. The monoisotopic (exact) mass is 706 g/mol. The summed E-state index contributed by atoms with van der Waals surface area (Å²) in [6.45, 7) is -0.426. The molecule has 2 aromatic rings. The Hall–Kier alpha value is -2.02. The number of benzene rings is 2. The number of sulfonamides is 1. The molecule has 41 heavy (non-hydrogen) atoms. The number of anilines is 1. The summed E-state index contributed by atoms with van der Waals surface area (Å²) in [6, 6.07) is 8.00. The van der Waals surface area contributed by atoms with Crippen molar-refractivity contribution < 1.29 is 39.1 Å². The van der Waals surface area contributed by atoms with Crippen LogP contribution in [0, 0.1) is 10.1 Å². The molecule has 0 radical (unpaired) electrons. The van der Waals surface area contributed by atoms with E-state index in [1.165, 1.54) is 0 Å². The highest BCUT2D eigenvalue weighted by Gasteiger charge is 2.42. The Balaban J connectivity index is 2.03. The van der Waals surface area contributed by atoms with E-state index in [4.69, 9.17) is 11.6 Å². The zero-order valence-electron chi connectivity index (χ0n) is 21.7. The molecule has 1 aliphatic heterocycles. The molecule has 18 heteroatoms. The van der Waals surface area contributed by atoms with Gasteiger partial charge in [-0.15, -0.1) is 0 Å². The van der Waals surface area contributed by atoms with Gasteiger partial charge in [0.15, 0.2) is 0 Å². The van der Waals surface area contributed by atoms with E-state index in [1.807, 2.05) is 11.0 Å². The van der Waals surface area contributed by atoms with Gasteiger partial charge in [0.05, 0.1) is 29.0 Å². The third-order valence-corrected chi connectivity index (χ3v) is 9.25. The number of rotatable bonds is 12. The van der Waals surface area contributed by atoms with E-state index < -0.39 is 66.2 Å². The number of piperazine rings is 1. The van der Waals surface area contributed by atoms with E-state index in [2.05, 4.69) is 20.1 Å². The van der Waals surface area contributed by atoms with Crippen molar-refractivity contribution in [2.24, 2.45) is 0 Å². The minimum atomic E-state index is -5.18. The van der Waals surface area contributed by atoms with Gasteiger partial charge in [-0.3, -0.25) is 19.2 Å². The van der Waals surface area contributed by atoms with Crippen LogP contribution >= 0.6 is 27.5 Å². The summed E-state index contributed by atoms with van der Waals surface area (Å²) < 4.78 is 99.1. The summed E-state index contributed by atoms with van der Waals surface area (Å²) in [5.74, 6) is 0. The first-order valence-corrected chi connectivity index (χ1v) is 16.8. The van der Waals surface area contributed by atoms with Gasteiger partial charge in [0, 0.05) is 68.3 Å². The fraction of sp³-hybridized carbons (Fsp3) is 0.478. The first-order chi connectivity index (χ1) is 19.0. The molecule has 0 bridgehead atoms. The molecule has 11 nitrogen and oxygen atoms in total. The lowest BCUT2D eigenvalue weighted by Crippen LogP contribution is -2.48. The van der Waals surface area contributed by atoms with Gasteiger partial charge >= 0.3 is 6.18 Å². The Labute approximate surface area is 249 Å². The van der Waals surface area contributed by atoms with Crippen LogP contribution in [0.15, 0.2) is 41.3 Å². The molecular weight excluding hydrogens is 681 g/mol. The third-order valence-electron chi connectivity index (χ3n) is 6.15. The quantitative estimate of drug-likeness (QED) is 0.139. The molecule has 0 saturated carbocycles. The van der Waals surface area contributed by atoms with E-state index in [9.17, 15) is 40.1 Å². The summed E-state index contributed by atoms with van der Waals surface area (Å²) in [5, 5.41) is 12.2. The normalized spacial score (nSPS) is 15.7. The van der Waals surface area contributed by atoms with Crippen LogP contribution in [-0.2, 0) is 37.0 Å². The van der Waals surface area contributed by atoms with Crippen LogP contribution in [0.3, 0.4) is 0 Å². The maximum absolute atomic E-state index is 14.3. The fourth-order valence-corrected chi connectivity index (χ4v) is 7.03. The lowest BCUT2D eigenvalue weighted by atomic mass is 10.1. The average Bonchev–Trinajstić information content (AvgIpc) is 2.86. The standard InChI is InChI=1S/C23H27BrClF3N4O7S2/c1-40(35,36)39-12-11-30(6-5-24)22-20(23(26,27)28)14-19(32(33)34)15-21(22)41(37,38)31-9-7-29(8-10-31)16-17-3-2-4-18(25)13-17/h2-4,13-15H,5-12,16H2,1H3. The second kappa shape index (κ2) is 13.5. The molecular formula is C23H27BrClF3N4O7S2. The van der Waals surface area contributed by atoms with Gasteiger partial charge in [0.2, 0.25) is 10.0 Å². The van der Waals surface area contributed by atoms with E-state index in [0.29, 0.717) is 17.6 Å². The number of hydrogen-bond donors (Lipinski definition) is 0. The van der Waals surface area contributed by atoms with Gasteiger partial charge in [0.25, 0.3) is 15.8 Å². The molecule has 0 spiro atoms. The van der Waals surface area contributed by atoms with Gasteiger partial charge < -0.3 is 4.90 Å². The molecule has 1 heterocycles. The van der Waals surface area contributed by atoms with Crippen molar-refractivity contribution in [3.05, 3.63) is 62.7 Å². The number of halogens is 5. The molecule has 0 N–H and O–H groups in total. The molecule has 0 aromatic heterocycles. The van der Waals surface area contributed by atoms with Crippen LogP contribution in [0.5, 0.6) is 0 Å². The van der Waals surface area contributed by atoms with Gasteiger partial charge in [-0.05, 0) is 17.7 Å². The molecule has 0 amide bonds. The maximum atomic E-state index is 14.3. The minimum absolute atomic E-state index is 0.0713. The maximum Gasteiger partial charge on any atom is 0.418 e. The number of alkyl halides is 4. The van der Waals surface area contributed by atoms with Crippen molar-refractivity contribution in [3.8, 4) is 0 Å². The molecule has 3 rings (SSSR count). The molecule has 228 valence electrons. The van der Waals surface area contributed by atoms with Crippen molar-refractivity contribution in [1.29, 1.82) is 0 Å². The Bertz CT molecular complexity index is 1470. The molecule has 1 fully saturated rings. The number of nitro benzene ring substituents is 1. The van der Waals surface area contributed by atoms with Crippen LogP contribution in [-0.4, -0.2) is 88.4 Å². The lowest BCUT2D eigenvalue weighted by Gasteiger charge is -2.35. The Morgan fingerprint density at radius 1 is 1.10 bits per heavy atom. The first-order valence-electron chi connectivity index (χ1n) is 12.0. The second-order valence-corrected chi connectivity index (χ2v) is 13.9.